The van der Waals surface area contributed by atoms with Crippen LogP contribution in [0.3, 0.4) is 0 Å². The highest BCUT2D eigenvalue weighted by atomic mass is 32.1. The Morgan fingerprint density at radius 3 is 2.92 bits per heavy atom. The first-order valence-corrected chi connectivity index (χ1v) is 7.90. The zero-order valence-corrected chi connectivity index (χ0v) is 14.0. The Morgan fingerprint density at radius 1 is 1.38 bits per heavy atom. The SMILES string of the molecule is COc1ccccc1NC(=S)N1CCc2nccc(C(=O)O)c2C1. The largest absolute Gasteiger partial charge is 0.495 e. The molecule has 0 unspecified atom stereocenters. The van der Waals surface area contributed by atoms with E-state index in [9.17, 15) is 9.90 Å². The summed E-state index contributed by atoms with van der Waals surface area (Å²) in [5, 5.41) is 13.1. The minimum Gasteiger partial charge on any atom is -0.495 e. The highest BCUT2D eigenvalue weighted by molar-refractivity contribution is 7.80. The third kappa shape index (κ3) is 3.16. The number of hydrogen-bond acceptors (Lipinski definition) is 4. The maximum atomic E-state index is 11.4. The van der Waals surface area contributed by atoms with Crippen LogP contribution in [0.4, 0.5) is 5.69 Å². The lowest BCUT2D eigenvalue weighted by Crippen LogP contribution is -2.39. The van der Waals surface area contributed by atoms with Gasteiger partial charge in [0.2, 0.25) is 0 Å². The second-order valence-electron chi connectivity index (χ2n) is 5.39. The molecule has 0 radical (unpaired) electrons. The van der Waals surface area contributed by atoms with Crippen LogP contribution in [-0.4, -0.2) is 39.7 Å². The normalized spacial score (nSPS) is 13.1. The number of fused-ring (bicyclic) bond motifs is 1. The van der Waals surface area contributed by atoms with Crippen molar-refractivity contribution in [3.63, 3.8) is 0 Å². The summed E-state index contributed by atoms with van der Waals surface area (Å²) in [7, 11) is 1.60. The van der Waals surface area contributed by atoms with E-state index in [1.54, 1.807) is 13.3 Å². The molecule has 124 valence electrons. The zero-order valence-electron chi connectivity index (χ0n) is 13.2. The number of thiocarbonyl (C=S) groups is 1. The van der Waals surface area contributed by atoms with Crippen LogP contribution < -0.4 is 10.1 Å². The lowest BCUT2D eigenvalue weighted by atomic mass is 10.0. The molecule has 0 saturated heterocycles. The molecule has 6 nitrogen and oxygen atoms in total. The van der Waals surface area contributed by atoms with E-state index in [0.717, 1.165) is 16.9 Å². The summed E-state index contributed by atoms with van der Waals surface area (Å²) in [5.74, 6) is -0.246. The van der Waals surface area contributed by atoms with Crippen molar-refractivity contribution in [2.75, 3.05) is 19.0 Å². The van der Waals surface area contributed by atoms with Gasteiger partial charge in [0.05, 0.1) is 18.4 Å². The van der Waals surface area contributed by atoms with Crippen molar-refractivity contribution in [1.29, 1.82) is 0 Å². The zero-order chi connectivity index (χ0) is 17.1. The smallest absolute Gasteiger partial charge is 0.336 e. The van der Waals surface area contributed by atoms with E-state index in [4.69, 9.17) is 17.0 Å². The van der Waals surface area contributed by atoms with Gasteiger partial charge in [-0.3, -0.25) is 4.98 Å². The molecule has 1 aromatic heterocycles. The molecule has 3 rings (SSSR count). The Labute approximate surface area is 145 Å². The number of rotatable bonds is 3. The van der Waals surface area contributed by atoms with Crippen molar-refractivity contribution in [1.82, 2.24) is 9.88 Å². The first-order valence-electron chi connectivity index (χ1n) is 7.49. The molecule has 2 heterocycles. The fourth-order valence-electron chi connectivity index (χ4n) is 2.75. The monoisotopic (exact) mass is 343 g/mol. The number of carboxylic acids is 1. The molecule has 0 saturated carbocycles. The number of benzene rings is 1. The molecule has 0 spiro atoms. The van der Waals surface area contributed by atoms with Crippen molar-refractivity contribution in [2.45, 2.75) is 13.0 Å². The number of anilines is 1. The van der Waals surface area contributed by atoms with Crippen LogP contribution in [-0.2, 0) is 13.0 Å². The first-order chi connectivity index (χ1) is 11.6. The van der Waals surface area contributed by atoms with Gasteiger partial charge >= 0.3 is 5.97 Å². The van der Waals surface area contributed by atoms with E-state index in [0.29, 0.717) is 30.4 Å². The molecule has 2 N–H and O–H groups in total. The number of pyridine rings is 1. The fourth-order valence-corrected chi connectivity index (χ4v) is 3.02. The van der Waals surface area contributed by atoms with Crippen molar-refractivity contribution in [3.05, 3.63) is 53.3 Å². The average Bonchev–Trinajstić information content (AvgIpc) is 2.61. The van der Waals surface area contributed by atoms with Gasteiger partial charge < -0.3 is 20.1 Å². The van der Waals surface area contributed by atoms with Gasteiger partial charge in [-0.1, -0.05) is 12.1 Å². The molecule has 1 aliphatic heterocycles. The predicted octanol–water partition coefficient (Wildman–Crippen LogP) is 2.54. The average molecular weight is 343 g/mol. The fraction of sp³-hybridized carbons (Fsp3) is 0.235. The van der Waals surface area contributed by atoms with Gasteiger partial charge in [-0.05, 0) is 30.4 Å². The molecule has 1 aromatic carbocycles. The first kappa shape index (κ1) is 16.2. The van der Waals surface area contributed by atoms with Gasteiger partial charge in [0.15, 0.2) is 5.11 Å². The van der Waals surface area contributed by atoms with E-state index in [-0.39, 0.29) is 5.56 Å². The Kier molecular flexibility index (Phi) is 4.61. The van der Waals surface area contributed by atoms with Crippen LogP contribution in [0.25, 0.3) is 0 Å². The summed E-state index contributed by atoms with van der Waals surface area (Å²) >= 11 is 5.49. The molecule has 24 heavy (non-hydrogen) atoms. The Hall–Kier alpha value is -2.67. The summed E-state index contributed by atoms with van der Waals surface area (Å²) in [5.41, 5.74) is 2.61. The van der Waals surface area contributed by atoms with Gasteiger partial charge in [0.25, 0.3) is 0 Å². The number of para-hydroxylation sites is 2. The standard InChI is InChI=1S/C17H17N3O3S/c1-23-15-5-3-2-4-14(15)19-17(24)20-9-7-13-12(10-20)11(16(21)22)6-8-18-13/h2-6,8H,7,9-10H2,1H3,(H,19,24)(H,21,22). The van der Waals surface area contributed by atoms with Crippen molar-refractivity contribution in [2.24, 2.45) is 0 Å². The molecule has 1 aliphatic rings. The second-order valence-corrected chi connectivity index (χ2v) is 5.78. The van der Waals surface area contributed by atoms with Gasteiger partial charge in [0.1, 0.15) is 5.75 Å². The quantitative estimate of drug-likeness (QED) is 0.830. The van der Waals surface area contributed by atoms with Gasteiger partial charge in [0, 0.05) is 37.0 Å². The highest BCUT2D eigenvalue weighted by Crippen LogP contribution is 2.25. The molecule has 2 aromatic rings. The number of carboxylic acid groups (broad SMARTS) is 1. The molecule has 0 atom stereocenters. The third-order valence-corrected chi connectivity index (χ3v) is 4.34. The van der Waals surface area contributed by atoms with Crippen LogP contribution >= 0.6 is 12.2 Å². The Bertz CT molecular complexity index is 794. The summed E-state index contributed by atoms with van der Waals surface area (Å²) in [6.07, 6.45) is 2.20. The summed E-state index contributed by atoms with van der Waals surface area (Å²) < 4.78 is 5.31. The van der Waals surface area contributed by atoms with E-state index >= 15 is 0 Å². The predicted molar refractivity (Wildman–Crippen MR) is 94.5 cm³/mol. The summed E-state index contributed by atoms with van der Waals surface area (Å²) in [4.78, 5) is 17.6. The van der Waals surface area contributed by atoms with Crippen molar-refractivity contribution in [3.8, 4) is 5.75 Å². The third-order valence-electron chi connectivity index (χ3n) is 3.98. The van der Waals surface area contributed by atoms with Crippen LogP contribution in [0.5, 0.6) is 5.75 Å². The molecular weight excluding hydrogens is 326 g/mol. The molecule has 0 aliphatic carbocycles. The Morgan fingerprint density at radius 2 is 2.17 bits per heavy atom. The molecular formula is C17H17N3O3S. The summed E-state index contributed by atoms with van der Waals surface area (Å²) in [6.45, 7) is 1.11. The van der Waals surface area contributed by atoms with Crippen molar-refractivity contribution >= 4 is 29.0 Å². The number of nitrogens with zero attached hydrogens (tertiary/aromatic N) is 2. The number of methoxy groups -OCH3 is 1. The van der Waals surface area contributed by atoms with E-state index in [1.165, 1.54) is 6.07 Å². The lowest BCUT2D eigenvalue weighted by molar-refractivity contribution is 0.0694. The van der Waals surface area contributed by atoms with E-state index < -0.39 is 5.97 Å². The molecule has 0 fully saturated rings. The number of hydrogen-bond donors (Lipinski definition) is 2. The maximum absolute atomic E-state index is 11.4. The van der Waals surface area contributed by atoms with Gasteiger partial charge in [-0.25, -0.2) is 4.79 Å². The summed E-state index contributed by atoms with van der Waals surface area (Å²) in [6, 6.07) is 9.04. The molecule has 7 heteroatoms. The van der Waals surface area contributed by atoms with Crippen LogP contribution in [0.2, 0.25) is 0 Å². The van der Waals surface area contributed by atoms with Crippen LogP contribution in [0.1, 0.15) is 21.6 Å². The topological polar surface area (TPSA) is 74.7 Å². The van der Waals surface area contributed by atoms with E-state index in [2.05, 4.69) is 10.3 Å². The van der Waals surface area contributed by atoms with Crippen LogP contribution in [0, 0.1) is 0 Å². The number of ether oxygens (including phenoxy) is 1. The van der Waals surface area contributed by atoms with Crippen LogP contribution in [0.15, 0.2) is 36.5 Å². The minimum absolute atomic E-state index is 0.282. The number of nitrogens with one attached hydrogen (secondary N) is 1. The van der Waals surface area contributed by atoms with Gasteiger partial charge in [-0.15, -0.1) is 0 Å². The van der Waals surface area contributed by atoms with Gasteiger partial charge in [-0.2, -0.15) is 0 Å². The Balaban J connectivity index is 1.80. The number of carbonyl (C=O) groups is 1. The lowest BCUT2D eigenvalue weighted by Gasteiger charge is -2.31. The maximum Gasteiger partial charge on any atom is 0.336 e. The second kappa shape index (κ2) is 6.84. The van der Waals surface area contributed by atoms with Crippen molar-refractivity contribution < 1.29 is 14.6 Å². The minimum atomic E-state index is -0.945. The number of aromatic carboxylic acids is 1. The van der Waals surface area contributed by atoms with E-state index in [1.807, 2.05) is 29.2 Å². The molecule has 0 amide bonds. The molecule has 0 bridgehead atoms. The highest BCUT2D eigenvalue weighted by Gasteiger charge is 2.24. The number of aromatic nitrogens is 1.